The van der Waals surface area contributed by atoms with E-state index in [1.54, 1.807) is 38.2 Å². The topological polar surface area (TPSA) is 46.3 Å². The summed E-state index contributed by atoms with van der Waals surface area (Å²) in [5.74, 6) is 0.178. The Labute approximate surface area is 110 Å². The van der Waals surface area contributed by atoms with E-state index >= 15 is 0 Å². The molecule has 2 rings (SSSR count). The molecule has 2 aromatic rings. The molecule has 0 aliphatic heterocycles. The smallest absolute Gasteiger partial charge is 0.227 e. The highest BCUT2D eigenvalue weighted by molar-refractivity contribution is 5.78. The molecule has 0 unspecified atom stereocenters. The van der Waals surface area contributed by atoms with Crippen molar-refractivity contribution in [2.24, 2.45) is 0 Å². The molecule has 0 radical (unpaired) electrons. The van der Waals surface area contributed by atoms with Crippen LogP contribution < -0.4 is 0 Å². The fourth-order valence-corrected chi connectivity index (χ4v) is 1.76. The van der Waals surface area contributed by atoms with Crippen LogP contribution in [0.1, 0.15) is 17.0 Å². The third kappa shape index (κ3) is 3.40. The average molecular weight is 262 g/mol. The highest BCUT2D eigenvalue weighted by atomic mass is 19.1. The Kier molecular flexibility index (Phi) is 3.94. The molecular weight excluding hydrogens is 247 g/mol. The molecule has 1 heterocycles. The third-order valence-electron chi connectivity index (χ3n) is 2.80. The van der Waals surface area contributed by atoms with Gasteiger partial charge >= 0.3 is 0 Å². The summed E-state index contributed by atoms with van der Waals surface area (Å²) in [7, 11) is 1.66. The zero-order chi connectivity index (χ0) is 13.8. The van der Waals surface area contributed by atoms with Crippen molar-refractivity contribution in [3.8, 4) is 0 Å². The number of aromatic nitrogens is 1. The summed E-state index contributed by atoms with van der Waals surface area (Å²) in [6.07, 6.45) is 0.0417. The van der Waals surface area contributed by atoms with Crippen molar-refractivity contribution in [1.82, 2.24) is 10.1 Å². The molecule has 0 saturated heterocycles. The molecule has 0 fully saturated rings. The molecule has 0 aliphatic rings. The number of carbonyl (C=O) groups is 1. The minimum atomic E-state index is -0.360. The van der Waals surface area contributed by atoms with Gasteiger partial charge in [0.15, 0.2) is 0 Å². The van der Waals surface area contributed by atoms with Crippen LogP contribution in [-0.4, -0.2) is 23.0 Å². The molecule has 0 aliphatic carbocycles. The van der Waals surface area contributed by atoms with Gasteiger partial charge in [0, 0.05) is 13.1 Å². The number of hydrogen-bond acceptors (Lipinski definition) is 3. The van der Waals surface area contributed by atoms with Gasteiger partial charge in [0.05, 0.1) is 13.0 Å². The molecule has 1 amide bonds. The predicted octanol–water partition coefficient (Wildman–Crippen LogP) is 2.32. The molecule has 0 saturated carbocycles. The number of benzene rings is 1. The maximum atomic E-state index is 13.4. The zero-order valence-electron chi connectivity index (χ0n) is 10.9. The van der Waals surface area contributed by atoms with Gasteiger partial charge in [-0.15, -0.1) is 0 Å². The van der Waals surface area contributed by atoms with Crippen molar-refractivity contribution < 1.29 is 13.7 Å². The third-order valence-corrected chi connectivity index (χ3v) is 2.80. The Morgan fingerprint density at radius 1 is 1.42 bits per heavy atom. The Balaban J connectivity index is 1.98. The predicted molar refractivity (Wildman–Crippen MR) is 67.8 cm³/mol. The minimum Gasteiger partial charge on any atom is -0.361 e. The van der Waals surface area contributed by atoms with Gasteiger partial charge in [0.25, 0.3) is 0 Å². The highest BCUT2D eigenvalue weighted by Gasteiger charge is 2.14. The van der Waals surface area contributed by atoms with Crippen LogP contribution in [0.4, 0.5) is 4.39 Å². The zero-order valence-corrected chi connectivity index (χ0v) is 10.9. The second-order valence-electron chi connectivity index (χ2n) is 4.45. The van der Waals surface area contributed by atoms with Crippen LogP contribution in [0.3, 0.4) is 0 Å². The second-order valence-corrected chi connectivity index (χ2v) is 4.45. The first-order chi connectivity index (χ1) is 9.06. The quantitative estimate of drug-likeness (QED) is 0.849. The van der Waals surface area contributed by atoms with Crippen LogP contribution in [0, 0.1) is 12.7 Å². The lowest BCUT2D eigenvalue weighted by atomic mass is 10.1. The van der Waals surface area contributed by atoms with Gasteiger partial charge in [-0.1, -0.05) is 23.4 Å². The van der Waals surface area contributed by atoms with Crippen LogP contribution in [0.5, 0.6) is 0 Å². The molecule has 1 aromatic heterocycles. The number of aryl methyl sites for hydroxylation is 1. The molecule has 4 nitrogen and oxygen atoms in total. The number of hydrogen-bond donors (Lipinski definition) is 0. The van der Waals surface area contributed by atoms with Crippen molar-refractivity contribution >= 4 is 5.91 Å². The van der Waals surface area contributed by atoms with E-state index in [0.29, 0.717) is 23.6 Å². The highest BCUT2D eigenvalue weighted by Crippen LogP contribution is 2.10. The second kappa shape index (κ2) is 5.65. The maximum absolute atomic E-state index is 13.4. The van der Waals surface area contributed by atoms with Gasteiger partial charge in [0.1, 0.15) is 17.3 Å². The molecule has 100 valence electrons. The van der Waals surface area contributed by atoms with Gasteiger partial charge in [-0.25, -0.2) is 4.39 Å². The Hall–Kier alpha value is -2.17. The number of carbonyl (C=O) groups excluding carboxylic acids is 1. The van der Waals surface area contributed by atoms with Crippen molar-refractivity contribution in [2.75, 3.05) is 7.05 Å². The fraction of sp³-hybridized carbons (Fsp3) is 0.286. The number of likely N-dealkylation sites (N-methyl/N-ethyl adjacent to an activating group) is 1. The van der Waals surface area contributed by atoms with E-state index in [4.69, 9.17) is 4.52 Å². The fourth-order valence-electron chi connectivity index (χ4n) is 1.76. The summed E-state index contributed by atoms with van der Waals surface area (Å²) in [5.41, 5.74) is 1.08. The van der Waals surface area contributed by atoms with Crippen LogP contribution in [0.25, 0.3) is 0 Å². The maximum Gasteiger partial charge on any atom is 0.227 e. The van der Waals surface area contributed by atoms with Crippen molar-refractivity contribution in [1.29, 1.82) is 0 Å². The van der Waals surface area contributed by atoms with Crippen LogP contribution >= 0.6 is 0 Å². The van der Waals surface area contributed by atoms with Gasteiger partial charge < -0.3 is 9.42 Å². The molecule has 0 spiro atoms. The van der Waals surface area contributed by atoms with Gasteiger partial charge in [-0.2, -0.15) is 0 Å². The average Bonchev–Trinajstić information content (AvgIpc) is 2.77. The summed E-state index contributed by atoms with van der Waals surface area (Å²) in [4.78, 5) is 13.5. The number of rotatable bonds is 4. The summed E-state index contributed by atoms with van der Waals surface area (Å²) in [5, 5.41) is 3.82. The van der Waals surface area contributed by atoms with Crippen molar-refractivity contribution in [3.63, 3.8) is 0 Å². The first-order valence-corrected chi connectivity index (χ1v) is 5.96. The monoisotopic (exact) mass is 262 g/mol. The summed E-state index contributed by atoms with van der Waals surface area (Å²) in [6.45, 7) is 2.14. The molecule has 0 atom stereocenters. The van der Waals surface area contributed by atoms with E-state index < -0.39 is 0 Å². The van der Waals surface area contributed by atoms with Crippen LogP contribution in [-0.2, 0) is 17.8 Å². The SMILES string of the molecule is Cc1cc(CN(C)C(=O)Cc2ccccc2F)no1. The van der Waals surface area contributed by atoms with Gasteiger partial charge in [-0.05, 0) is 18.6 Å². The van der Waals surface area contributed by atoms with Gasteiger partial charge in [0.2, 0.25) is 5.91 Å². The molecule has 1 aromatic carbocycles. The molecule has 0 N–H and O–H groups in total. The first kappa shape index (κ1) is 13.3. The van der Waals surface area contributed by atoms with Crippen LogP contribution in [0.2, 0.25) is 0 Å². The molecule has 19 heavy (non-hydrogen) atoms. The lowest BCUT2D eigenvalue weighted by Crippen LogP contribution is -2.28. The number of halogens is 1. The first-order valence-electron chi connectivity index (χ1n) is 5.96. The van der Waals surface area contributed by atoms with Crippen molar-refractivity contribution in [2.45, 2.75) is 19.9 Å². The lowest BCUT2D eigenvalue weighted by Gasteiger charge is -2.15. The standard InChI is InChI=1S/C14H15FN2O2/c1-10-7-12(16-19-10)9-17(2)14(18)8-11-5-3-4-6-13(11)15/h3-7H,8-9H2,1-2H3. The molecule has 5 heteroatoms. The number of amides is 1. The minimum absolute atomic E-state index is 0.0417. The van der Waals surface area contributed by atoms with E-state index in [0.717, 1.165) is 0 Å². The largest absolute Gasteiger partial charge is 0.361 e. The van der Waals surface area contributed by atoms with Crippen molar-refractivity contribution in [3.05, 3.63) is 53.2 Å². The van der Waals surface area contributed by atoms with E-state index in [1.165, 1.54) is 11.0 Å². The summed E-state index contributed by atoms with van der Waals surface area (Å²) < 4.78 is 18.4. The summed E-state index contributed by atoms with van der Waals surface area (Å²) in [6, 6.07) is 8.05. The van der Waals surface area contributed by atoms with E-state index in [1.807, 2.05) is 0 Å². The van der Waals surface area contributed by atoms with E-state index in [-0.39, 0.29) is 18.1 Å². The molecule has 0 bridgehead atoms. The number of nitrogens with zero attached hydrogens (tertiary/aromatic N) is 2. The molecular formula is C14H15FN2O2. The lowest BCUT2D eigenvalue weighted by molar-refractivity contribution is -0.129. The Bertz CT molecular complexity index is 580. The summed E-state index contributed by atoms with van der Waals surface area (Å²) >= 11 is 0. The van der Waals surface area contributed by atoms with Crippen LogP contribution in [0.15, 0.2) is 34.9 Å². The van der Waals surface area contributed by atoms with Gasteiger partial charge in [-0.3, -0.25) is 4.79 Å². The van der Waals surface area contributed by atoms with E-state index in [9.17, 15) is 9.18 Å². The Morgan fingerprint density at radius 2 is 2.16 bits per heavy atom. The normalized spacial score (nSPS) is 10.5. The van der Waals surface area contributed by atoms with E-state index in [2.05, 4.69) is 5.16 Å². The Morgan fingerprint density at radius 3 is 2.79 bits per heavy atom.